The zero-order valence-corrected chi connectivity index (χ0v) is 15.8. The van der Waals surface area contributed by atoms with E-state index in [2.05, 4.69) is 30.1 Å². The van der Waals surface area contributed by atoms with E-state index in [9.17, 15) is 5.11 Å². The van der Waals surface area contributed by atoms with Crippen LogP contribution in [0.25, 0.3) is 0 Å². The molecule has 1 fully saturated rings. The number of rotatable bonds is 6. The maximum Gasteiger partial charge on any atom is 0.135 e. The van der Waals surface area contributed by atoms with Gasteiger partial charge in [0, 0.05) is 39.3 Å². The highest BCUT2D eigenvalue weighted by Gasteiger charge is 2.32. The molecule has 0 aliphatic carbocycles. The van der Waals surface area contributed by atoms with Crippen molar-refractivity contribution in [3.8, 4) is 0 Å². The van der Waals surface area contributed by atoms with Crippen LogP contribution < -0.4 is 15.1 Å². The van der Waals surface area contributed by atoms with Gasteiger partial charge in [-0.15, -0.1) is 0 Å². The maximum atomic E-state index is 10.1. The topological polar surface area (TPSA) is 80.7 Å². The van der Waals surface area contributed by atoms with Crippen LogP contribution in [-0.2, 0) is 0 Å². The minimum Gasteiger partial charge on any atom is -0.391 e. The molecule has 0 unspecified atom stereocenters. The monoisotopic (exact) mass is 357 g/mol. The van der Waals surface area contributed by atoms with Crippen LogP contribution in [0.2, 0.25) is 0 Å². The Labute approximate surface area is 154 Å². The summed E-state index contributed by atoms with van der Waals surface area (Å²) in [6, 6.07) is 6.08. The van der Waals surface area contributed by atoms with Crippen molar-refractivity contribution in [2.75, 3.05) is 56.4 Å². The first-order valence-corrected chi connectivity index (χ1v) is 8.74. The van der Waals surface area contributed by atoms with E-state index in [1.165, 1.54) is 0 Å². The number of nitrogens with one attached hydrogen (secondary N) is 1. The molecule has 0 saturated carbocycles. The molecule has 0 radical (unpaired) electrons. The van der Waals surface area contributed by atoms with Gasteiger partial charge in [0.25, 0.3) is 0 Å². The zero-order chi connectivity index (χ0) is 18.7. The van der Waals surface area contributed by atoms with E-state index in [1.54, 1.807) is 12.5 Å². The largest absolute Gasteiger partial charge is 0.391 e. The van der Waals surface area contributed by atoms with Crippen molar-refractivity contribution in [1.82, 2.24) is 19.9 Å². The smallest absolute Gasteiger partial charge is 0.135 e. The molecular weight excluding hydrogens is 330 g/mol. The number of hydrogen-bond acceptors (Lipinski definition) is 8. The van der Waals surface area contributed by atoms with Gasteiger partial charge in [-0.1, -0.05) is 0 Å². The highest BCUT2D eigenvalue weighted by molar-refractivity contribution is 5.60. The van der Waals surface area contributed by atoms with Crippen LogP contribution in [-0.4, -0.2) is 78.4 Å². The highest BCUT2D eigenvalue weighted by atomic mass is 16.3. The number of nitrogens with zero attached hydrogens (tertiary/aromatic N) is 6. The van der Waals surface area contributed by atoms with Gasteiger partial charge in [0.15, 0.2) is 0 Å². The molecule has 8 heteroatoms. The van der Waals surface area contributed by atoms with Crippen molar-refractivity contribution in [3.63, 3.8) is 0 Å². The van der Waals surface area contributed by atoms with Gasteiger partial charge in [-0.3, -0.25) is 0 Å². The summed E-state index contributed by atoms with van der Waals surface area (Å²) >= 11 is 0. The average molecular weight is 357 g/mol. The van der Waals surface area contributed by atoms with Gasteiger partial charge in [-0.25, -0.2) is 15.0 Å². The molecule has 2 N–H and O–H groups in total. The second kappa shape index (κ2) is 7.84. The first kappa shape index (κ1) is 18.3. The van der Waals surface area contributed by atoms with Crippen LogP contribution in [0.4, 0.5) is 23.1 Å². The van der Waals surface area contributed by atoms with Gasteiger partial charge in [0.05, 0.1) is 18.0 Å². The van der Waals surface area contributed by atoms with Crippen molar-refractivity contribution in [2.24, 2.45) is 0 Å². The number of hydrogen-bond donors (Lipinski definition) is 2. The fourth-order valence-corrected chi connectivity index (χ4v) is 3.21. The Morgan fingerprint density at radius 2 is 2.00 bits per heavy atom. The van der Waals surface area contributed by atoms with Crippen molar-refractivity contribution < 1.29 is 5.11 Å². The Kier molecular flexibility index (Phi) is 5.53. The third kappa shape index (κ3) is 4.39. The summed E-state index contributed by atoms with van der Waals surface area (Å²) in [5.41, 5.74) is 0.867. The van der Waals surface area contributed by atoms with Gasteiger partial charge in [-0.05, 0) is 32.6 Å². The Hall–Kier alpha value is -2.45. The Bertz CT molecular complexity index is 720. The van der Waals surface area contributed by atoms with Gasteiger partial charge >= 0.3 is 0 Å². The van der Waals surface area contributed by atoms with Crippen LogP contribution in [0.5, 0.6) is 0 Å². The molecule has 1 saturated heterocycles. The van der Waals surface area contributed by atoms with Crippen molar-refractivity contribution in [1.29, 1.82) is 0 Å². The fourth-order valence-electron chi connectivity index (χ4n) is 3.21. The van der Waals surface area contributed by atoms with Gasteiger partial charge in [-0.2, -0.15) is 0 Å². The third-order valence-corrected chi connectivity index (χ3v) is 4.39. The van der Waals surface area contributed by atoms with Gasteiger partial charge in [0.2, 0.25) is 0 Å². The van der Waals surface area contributed by atoms with Gasteiger partial charge in [0.1, 0.15) is 23.8 Å². The molecule has 26 heavy (non-hydrogen) atoms. The van der Waals surface area contributed by atoms with E-state index >= 15 is 0 Å². The summed E-state index contributed by atoms with van der Waals surface area (Å²) in [6.07, 6.45) is 3.76. The third-order valence-electron chi connectivity index (χ3n) is 4.39. The second-order valence-electron chi connectivity index (χ2n) is 7.14. The maximum absolute atomic E-state index is 10.1. The van der Waals surface area contributed by atoms with E-state index < -0.39 is 0 Å². The number of aliphatic hydroxyl groups excluding tert-OH is 1. The molecule has 2 aromatic heterocycles. The number of pyridine rings is 1. The fraction of sp³-hybridized carbons (Fsp3) is 0.500. The number of aromatic nitrogens is 3. The standard InChI is InChI=1S/C18H27N7O/c1-23(2)10-14-7-15(26)11-25(14)18-8-16(20-12-21-18)22-13-5-6-17(19-9-13)24(3)4/h5-6,8-9,12,14-15,26H,7,10-11H2,1-4H3,(H,20,21,22)/t14-,15-/m1/s1. The molecule has 1 aliphatic rings. The number of β-amino-alcohol motifs (C(OH)–C–C–N with tert-alkyl or cyclic N) is 1. The lowest BCUT2D eigenvalue weighted by Crippen LogP contribution is -2.38. The van der Waals surface area contributed by atoms with Gasteiger partial charge < -0.3 is 25.1 Å². The molecule has 3 heterocycles. The lowest BCUT2D eigenvalue weighted by atomic mass is 10.2. The highest BCUT2D eigenvalue weighted by Crippen LogP contribution is 2.26. The summed E-state index contributed by atoms with van der Waals surface area (Å²) in [7, 11) is 8.00. The van der Waals surface area contributed by atoms with Crippen LogP contribution in [0.15, 0.2) is 30.7 Å². The van der Waals surface area contributed by atoms with Crippen LogP contribution in [0.3, 0.4) is 0 Å². The molecule has 2 atom stereocenters. The molecule has 0 bridgehead atoms. The van der Waals surface area contributed by atoms with Crippen LogP contribution in [0, 0.1) is 0 Å². The molecular formula is C18H27N7O. The summed E-state index contributed by atoms with van der Waals surface area (Å²) in [4.78, 5) is 19.4. The van der Waals surface area contributed by atoms with Crippen molar-refractivity contribution >= 4 is 23.1 Å². The quantitative estimate of drug-likeness (QED) is 0.798. The molecule has 3 rings (SSSR count). The number of anilines is 4. The lowest BCUT2D eigenvalue weighted by molar-refractivity contribution is 0.191. The molecule has 140 valence electrons. The normalized spacial score (nSPS) is 19.8. The van der Waals surface area contributed by atoms with E-state index in [0.29, 0.717) is 12.4 Å². The summed E-state index contributed by atoms with van der Waals surface area (Å²) in [5, 5.41) is 13.4. The molecule has 0 aromatic carbocycles. The minimum absolute atomic E-state index is 0.240. The Morgan fingerprint density at radius 1 is 1.19 bits per heavy atom. The first-order valence-electron chi connectivity index (χ1n) is 8.74. The molecule has 0 amide bonds. The molecule has 8 nitrogen and oxygen atoms in total. The predicted octanol–water partition coefficient (Wildman–Crippen LogP) is 1.18. The Morgan fingerprint density at radius 3 is 2.65 bits per heavy atom. The minimum atomic E-state index is -0.325. The molecule has 2 aromatic rings. The average Bonchev–Trinajstić information content (AvgIpc) is 2.95. The van der Waals surface area contributed by atoms with Crippen molar-refractivity contribution in [2.45, 2.75) is 18.6 Å². The SMILES string of the molecule is CN(C)C[C@H]1C[C@@H](O)CN1c1cc(Nc2ccc(N(C)C)nc2)ncn1. The Balaban J connectivity index is 1.75. The summed E-state index contributed by atoms with van der Waals surface area (Å²) < 4.78 is 0. The predicted molar refractivity (Wildman–Crippen MR) is 104 cm³/mol. The van der Waals surface area contributed by atoms with E-state index in [4.69, 9.17) is 0 Å². The van der Waals surface area contributed by atoms with Crippen LogP contribution in [0.1, 0.15) is 6.42 Å². The summed E-state index contributed by atoms with van der Waals surface area (Å²) in [5.74, 6) is 2.43. The molecule has 0 spiro atoms. The van der Waals surface area contributed by atoms with E-state index in [0.717, 1.165) is 30.3 Å². The lowest BCUT2D eigenvalue weighted by Gasteiger charge is -2.27. The zero-order valence-electron chi connectivity index (χ0n) is 15.8. The number of aliphatic hydroxyl groups is 1. The first-order chi connectivity index (χ1) is 12.4. The van der Waals surface area contributed by atoms with Crippen LogP contribution >= 0.6 is 0 Å². The number of likely N-dealkylation sites (N-methyl/N-ethyl adjacent to an activating group) is 1. The van der Waals surface area contributed by atoms with E-state index in [1.807, 2.05) is 51.3 Å². The second-order valence-corrected chi connectivity index (χ2v) is 7.14. The van der Waals surface area contributed by atoms with Crippen molar-refractivity contribution in [3.05, 3.63) is 30.7 Å². The molecule has 1 aliphatic heterocycles. The van der Waals surface area contributed by atoms with E-state index in [-0.39, 0.29) is 12.1 Å². The summed E-state index contributed by atoms with van der Waals surface area (Å²) in [6.45, 7) is 1.47.